The van der Waals surface area contributed by atoms with Gasteiger partial charge >= 0.3 is 0 Å². The zero-order valence-electron chi connectivity index (χ0n) is 12.7. The van der Waals surface area contributed by atoms with Crippen molar-refractivity contribution in [1.29, 1.82) is 5.41 Å². The van der Waals surface area contributed by atoms with Gasteiger partial charge in [-0.3, -0.25) is 5.41 Å². The van der Waals surface area contributed by atoms with Crippen LogP contribution in [0.5, 0.6) is 0 Å². The Hall–Kier alpha value is -2.04. The quantitative estimate of drug-likeness (QED) is 0.685. The Kier molecular flexibility index (Phi) is 3.82. The van der Waals surface area contributed by atoms with Crippen molar-refractivity contribution in [3.63, 3.8) is 0 Å². The van der Waals surface area contributed by atoms with Gasteiger partial charge in [0.05, 0.1) is 5.71 Å². The van der Waals surface area contributed by atoms with E-state index in [0.29, 0.717) is 12.4 Å². The molecule has 0 bridgehead atoms. The van der Waals surface area contributed by atoms with Crippen LogP contribution in [0.3, 0.4) is 0 Å². The van der Waals surface area contributed by atoms with Crippen LogP contribution in [-0.4, -0.2) is 50.2 Å². The van der Waals surface area contributed by atoms with E-state index in [1.165, 1.54) is 18.5 Å². The first-order valence-electron chi connectivity index (χ1n) is 7.51. The van der Waals surface area contributed by atoms with E-state index in [-0.39, 0.29) is 0 Å². The number of oxime groups is 1. The van der Waals surface area contributed by atoms with E-state index in [4.69, 9.17) is 10.2 Å². The molecular formula is C16H22N4O. The number of nitrogens with one attached hydrogen (secondary N) is 1. The third-order valence-electron chi connectivity index (χ3n) is 4.08. The number of amidine groups is 1. The van der Waals surface area contributed by atoms with Gasteiger partial charge in [0.15, 0.2) is 0 Å². The molecule has 112 valence electrons. The molecule has 21 heavy (non-hydrogen) atoms. The molecule has 1 N–H and O–H groups in total. The summed E-state index contributed by atoms with van der Waals surface area (Å²) in [7, 11) is 3.81. The number of benzene rings is 1. The summed E-state index contributed by atoms with van der Waals surface area (Å²) in [5.41, 5.74) is 4.33. The molecule has 0 aromatic heterocycles. The Morgan fingerprint density at radius 3 is 2.67 bits per heavy atom. The summed E-state index contributed by atoms with van der Waals surface area (Å²) in [5.74, 6) is 0.534. The second kappa shape index (κ2) is 5.76. The van der Waals surface area contributed by atoms with E-state index in [1.54, 1.807) is 0 Å². The van der Waals surface area contributed by atoms with Crippen molar-refractivity contribution in [2.45, 2.75) is 19.3 Å². The van der Waals surface area contributed by atoms with Gasteiger partial charge in [0.1, 0.15) is 12.4 Å². The predicted octanol–water partition coefficient (Wildman–Crippen LogP) is 2.30. The average Bonchev–Trinajstić information content (AvgIpc) is 3.18. The standard InChI is InChI=1S/C16H22N4O/c1-19(2)16(17)12-5-6-13(14-7-10-21-18-14)15(11-12)20-8-3-4-9-20/h5-6,11,17H,3-4,7-10H2,1-2H3. The van der Waals surface area contributed by atoms with Crippen LogP contribution in [0.1, 0.15) is 30.4 Å². The fourth-order valence-corrected chi connectivity index (χ4v) is 2.90. The first-order chi connectivity index (χ1) is 10.2. The third kappa shape index (κ3) is 2.73. The highest BCUT2D eigenvalue weighted by molar-refractivity contribution is 6.07. The first kappa shape index (κ1) is 13.9. The monoisotopic (exact) mass is 286 g/mol. The molecule has 2 heterocycles. The zero-order chi connectivity index (χ0) is 14.8. The third-order valence-corrected chi connectivity index (χ3v) is 4.08. The lowest BCUT2D eigenvalue weighted by molar-refractivity contribution is 0.174. The molecule has 5 nitrogen and oxygen atoms in total. The minimum atomic E-state index is 0.534. The van der Waals surface area contributed by atoms with Crippen molar-refractivity contribution in [2.24, 2.45) is 5.16 Å². The van der Waals surface area contributed by atoms with Crippen molar-refractivity contribution in [1.82, 2.24) is 4.90 Å². The summed E-state index contributed by atoms with van der Waals surface area (Å²) >= 11 is 0. The van der Waals surface area contributed by atoms with Crippen molar-refractivity contribution in [2.75, 3.05) is 38.7 Å². The molecule has 3 rings (SSSR count). The van der Waals surface area contributed by atoms with Crippen LogP contribution in [0.4, 0.5) is 5.69 Å². The minimum Gasteiger partial charge on any atom is -0.395 e. The highest BCUT2D eigenvalue weighted by atomic mass is 16.6. The van der Waals surface area contributed by atoms with Crippen LogP contribution in [0.2, 0.25) is 0 Å². The Morgan fingerprint density at radius 2 is 2.05 bits per heavy atom. The van der Waals surface area contributed by atoms with Crippen molar-refractivity contribution < 1.29 is 4.84 Å². The molecule has 0 amide bonds. The van der Waals surface area contributed by atoms with E-state index >= 15 is 0 Å². The van der Waals surface area contributed by atoms with E-state index in [0.717, 1.165) is 36.3 Å². The van der Waals surface area contributed by atoms with Crippen LogP contribution in [-0.2, 0) is 4.84 Å². The van der Waals surface area contributed by atoms with E-state index in [9.17, 15) is 0 Å². The lowest BCUT2D eigenvalue weighted by Crippen LogP contribution is -2.24. The van der Waals surface area contributed by atoms with Crippen molar-refractivity contribution >= 4 is 17.2 Å². The second-order valence-electron chi connectivity index (χ2n) is 5.79. The summed E-state index contributed by atoms with van der Waals surface area (Å²) in [6.07, 6.45) is 3.33. The van der Waals surface area contributed by atoms with Gasteiger partial charge in [-0.25, -0.2) is 0 Å². The van der Waals surface area contributed by atoms with Gasteiger partial charge in [0, 0.05) is 50.4 Å². The first-order valence-corrected chi connectivity index (χ1v) is 7.51. The normalized spacial score (nSPS) is 17.6. The maximum atomic E-state index is 8.18. The van der Waals surface area contributed by atoms with Crippen LogP contribution in [0.25, 0.3) is 0 Å². The van der Waals surface area contributed by atoms with Crippen LogP contribution < -0.4 is 4.90 Å². The van der Waals surface area contributed by atoms with Gasteiger partial charge in [-0.2, -0.15) is 0 Å². The number of rotatable bonds is 3. The SMILES string of the molecule is CN(C)C(=N)c1ccc(C2=NOCC2)c(N2CCCC2)c1. The lowest BCUT2D eigenvalue weighted by atomic mass is 10.0. The zero-order valence-corrected chi connectivity index (χ0v) is 12.7. The predicted molar refractivity (Wildman–Crippen MR) is 85.5 cm³/mol. The summed E-state index contributed by atoms with van der Waals surface area (Å²) in [5, 5.41) is 12.4. The molecule has 0 spiro atoms. The molecule has 0 saturated carbocycles. The summed E-state index contributed by atoms with van der Waals surface area (Å²) < 4.78 is 0. The Bertz CT molecular complexity index is 574. The van der Waals surface area contributed by atoms with Gasteiger partial charge in [-0.15, -0.1) is 0 Å². The molecule has 1 saturated heterocycles. The second-order valence-corrected chi connectivity index (χ2v) is 5.79. The maximum Gasteiger partial charge on any atom is 0.127 e. The van der Waals surface area contributed by atoms with Crippen LogP contribution in [0.15, 0.2) is 23.4 Å². The molecule has 5 heteroatoms. The summed E-state index contributed by atoms with van der Waals surface area (Å²) in [6, 6.07) is 6.23. The van der Waals surface area contributed by atoms with E-state index in [1.807, 2.05) is 25.1 Å². The fraction of sp³-hybridized carbons (Fsp3) is 0.500. The lowest BCUT2D eigenvalue weighted by Gasteiger charge is -2.23. The van der Waals surface area contributed by atoms with Gasteiger partial charge in [0.25, 0.3) is 0 Å². The van der Waals surface area contributed by atoms with Crippen molar-refractivity contribution in [3.05, 3.63) is 29.3 Å². The number of hydrogen-bond donors (Lipinski definition) is 1. The van der Waals surface area contributed by atoms with Gasteiger partial charge < -0.3 is 14.6 Å². The van der Waals surface area contributed by atoms with Gasteiger partial charge in [-0.1, -0.05) is 17.3 Å². The Morgan fingerprint density at radius 1 is 1.29 bits per heavy atom. The molecule has 2 aliphatic heterocycles. The molecule has 2 aliphatic rings. The topological polar surface area (TPSA) is 51.9 Å². The van der Waals surface area contributed by atoms with Gasteiger partial charge in [-0.05, 0) is 18.9 Å². The minimum absolute atomic E-state index is 0.534. The average molecular weight is 286 g/mol. The van der Waals surface area contributed by atoms with E-state index in [2.05, 4.69) is 22.2 Å². The van der Waals surface area contributed by atoms with E-state index < -0.39 is 0 Å². The summed E-state index contributed by atoms with van der Waals surface area (Å²) in [4.78, 5) is 9.40. The Balaban J connectivity index is 2.01. The van der Waals surface area contributed by atoms with Crippen LogP contribution >= 0.6 is 0 Å². The fourth-order valence-electron chi connectivity index (χ4n) is 2.90. The molecule has 0 atom stereocenters. The highest BCUT2D eigenvalue weighted by Crippen LogP contribution is 2.29. The molecule has 0 radical (unpaired) electrons. The molecule has 1 aromatic rings. The summed E-state index contributed by atoms with van der Waals surface area (Å²) in [6.45, 7) is 2.84. The molecular weight excluding hydrogens is 264 g/mol. The molecule has 0 unspecified atom stereocenters. The van der Waals surface area contributed by atoms with Crippen LogP contribution in [0, 0.1) is 5.41 Å². The highest BCUT2D eigenvalue weighted by Gasteiger charge is 2.22. The van der Waals surface area contributed by atoms with Gasteiger partial charge in [0.2, 0.25) is 0 Å². The van der Waals surface area contributed by atoms with Crippen molar-refractivity contribution in [3.8, 4) is 0 Å². The Labute approximate surface area is 125 Å². The smallest absolute Gasteiger partial charge is 0.127 e. The molecule has 1 fully saturated rings. The largest absolute Gasteiger partial charge is 0.395 e. The molecule has 0 aliphatic carbocycles. The number of anilines is 1. The number of nitrogens with zero attached hydrogens (tertiary/aromatic N) is 3. The number of hydrogen-bond acceptors (Lipinski definition) is 4. The molecule has 1 aromatic carbocycles. The maximum absolute atomic E-state index is 8.18.